The van der Waals surface area contributed by atoms with Gasteiger partial charge in [0.2, 0.25) is 0 Å². The van der Waals surface area contributed by atoms with E-state index in [0.29, 0.717) is 11.5 Å². The molecular formula is C11H16N4O3. The largest absolute Gasteiger partial charge is 0.392 e. The average molecular weight is 252 g/mol. The van der Waals surface area contributed by atoms with Gasteiger partial charge in [0.1, 0.15) is 18.7 Å². The van der Waals surface area contributed by atoms with Crippen LogP contribution in [0.4, 0.5) is 5.82 Å². The van der Waals surface area contributed by atoms with Gasteiger partial charge >= 0.3 is 0 Å². The van der Waals surface area contributed by atoms with Crippen LogP contribution in [0.1, 0.15) is 29.8 Å². The van der Waals surface area contributed by atoms with Gasteiger partial charge < -0.3 is 25.0 Å². The predicted octanol–water partition coefficient (Wildman–Crippen LogP) is -0.507. The van der Waals surface area contributed by atoms with E-state index in [4.69, 9.17) is 0 Å². The van der Waals surface area contributed by atoms with Crippen LogP contribution in [0.5, 0.6) is 0 Å². The molecule has 7 heteroatoms. The monoisotopic (exact) mass is 252 g/mol. The molecule has 18 heavy (non-hydrogen) atoms. The SMILES string of the molecule is O=C1c2nc[nH]c2N(CO)C(CO)N1C1CCC1. The Labute approximate surface area is 104 Å². The van der Waals surface area contributed by atoms with E-state index < -0.39 is 6.17 Å². The molecular weight excluding hydrogens is 236 g/mol. The smallest absolute Gasteiger partial charge is 0.278 e. The summed E-state index contributed by atoms with van der Waals surface area (Å²) in [6.07, 6.45) is 3.91. The quantitative estimate of drug-likeness (QED) is 0.674. The summed E-state index contributed by atoms with van der Waals surface area (Å²) in [5.41, 5.74) is 0.320. The van der Waals surface area contributed by atoms with Crippen LogP contribution in [0.2, 0.25) is 0 Å². The number of anilines is 1. The zero-order chi connectivity index (χ0) is 12.7. The summed E-state index contributed by atoms with van der Waals surface area (Å²) >= 11 is 0. The third-order valence-electron chi connectivity index (χ3n) is 3.81. The molecule has 1 aliphatic carbocycles. The Bertz CT molecular complexity index is 457. The van der Waals surface area contributed by atoms with Gasteiger partial charge in [-0.3, -0.25) is 4.79 Å². The lowest BCUT2D eigenvalue weighted by atomic mass is 9.90. The number of carbonyl (C=O) groups is 1. The highest BCUT2D eigenvalue weighted by Gasteiger charge is 2.43. The maximum Gasteiger partial charge on any atom is 0.278 e. The van der Waals surface area contributed by atoms with E-state index in [1.54, 1.807) is 9.80 Å². The molecule has 1 fully saturated rings. The summed E-state index contributed by atoms with van der Waals surface area (Å²) in [6.45, 7) is -0.474. The van der Waals surface area contributed by atoms with Gasteiger partial charge in [0.25, 0.3) is 5.91 Å². The van der Waals surface area contributed by atoms with Crippen molar-refractivity contribution in [2.24, 2.45) is 0 Å². The molecule has 2 heterocycles. The second kappa shape index (κ2) is 4.25. The number of H-pyrrole nitrogens is 1. The summed E-state index contributed by atoms with van der Waals surface area (Å²) in [7, 11) is 0. The maximum atomic E-state index is 12.4. The van der Waals surface area contributed by atoms with Gasteiger partial charge in [0.15, 0.2) is 5.69 Å². The van der Waals surface area contributed by atoms with Crippen molar-refractivity contribution >= 4 is 11.7 Å². The van der Waals surface area contributed by atoms with Crippen LogP contribution in [-0.4, -0.2) is 56.5 Å². The van der Waals surface area contributed by atoms with Crippen molar-refractivity contribution in [2.75, 3.05) is 18.2 Å². The van der Waals surface area contributed by atoms with E-state index in [9.17, 15) is 15.0 Å². The van der Waals surface area contributed by atoms with E-state index in [-0.39, 0.29) is 25.3 Å². The zero-order valence-corrected chi connectivity index (χ0v) is 9.91. The molecule has 0 bridgehead atoms. The summed E-state index contributed by atoms with van der Waals surface area (Å²) in [6, 6.07) is 0.147. The molecule has 3 rings (SSSR count). The number of nitrogens with one attached hydrogen (secondary N) is 1. The predicted molar refractivity (Wildman–Crippen MR) is 62.8 cm³/mol. The van der Waals surface area contributed by atoms with Crippen LogP contribution in [0, 0.1) is 0 Å². The van der Waals surface area contributed by atoms with Gasteiger partial charge in [-0.25, -0.2) is 4.98 Å². The van der Waals surface area contributed by atoms with Gasteiger partial charge in [-0.2, -0.15) is 0 Å². The summed E-state index contributed by atoms with van der Waals surface area (Å²) < 4.78 is 0. The van der Waals surface area contributed by atoms with E-state index in [1.807, 2.05) is 0 Å². The minimum Gasteiger partial charge on any atom is -0.392 e. The number of imidazole rings is 1. The third-order valence-corrected chi connectivity index (χ3v) is 3.81. The second-order valence-electron chi connectivity index (χ2n) is 4.67. The first kappa shape index (κ1) is 11.5. The van der Waals surface area contributed by atoms with Crippen molar-refractivity contribution in [3.05, 3.63) is 12.0 Å². The lowest BCUT2D eigenvalue weighted by Gasteiger charge is -2.48. The fourth-order valence-electron chi connectivity index (χ4n) is 2.65. The van der Waals surface area contributed by atoms with Crippen LogP contribution in [0.3, 0.4) is 0 Å². The number of carbonyl (C=O) groups excluding carboxylic acids is 1. The number of aliphatic hydroxyl groups is 2. The highest BCUT2D eigenvalue weighted by Crippen LogP contribution is 2.34. The molecule has 7 nitrogen and oxygen atoms in total. The molecule has 1 atom stereocenters. The van der Waals surface area contributed by atoms with Crippen LogP contribution in [0.15, 0.2) is 6.33 Å². The number of fused-ring (bicyclic) bond motifs is 1. The Morgan fingerprint density at radius 1 is 1.44 bits per heavy atom. The molecule has 98 valence electrons. The Morgan fingerprint density at radius 3 is 2.78 bits per heavy atom. The van der Waals surface area contributed by atoms with Crippen LogP contribution in [0.25, 0.3) is 0 Å². The minimum atomic E-state index is -0.513. The van der Waals surface area contributed by atoms with Gasteiger partial charge in [-0.1, -0.05) is 0 Å². The van der Waals surface area contributed by atoms with Crippen LogP contribution in [-0.2, 0) is 0 Å². The van der Waals surface area contributed by atoms with Crippen molar-refractivity contribution in [3.63, 3.8) is 0 Å². The number of aromatic nitrogens is 2. The first-order valence-corrected chi connectivity index (χ1v) is 6.12. The molecule has 0 saturated heterocycles. The molecule has 1 aliphatic heterocycles. The zero-order valence-electron chi connectivity index (χ0n) is 9.91. The highest BCUT2D eigenvalue weighted by atomic mass is 16.3. The fourth-order valence-corrected chi connectivity index (χ4v) is 2.65. The first-order valence-electron chi connectivity index (χ1n) is 6.12. The summed E-state index contributed by atoms with van der Waals surface area (Å²) in [4.78, 5) is 22.5. The van der Waals surface area contributed by atoms with E-state index in [0.717, 1.165) is 19.3 Å². The first-order chi connectivity index (χ1) is 8.77. The Kier molecular flexibility index (Phi) is 2.71. The van der Waals surface area contributed by atoms with Gasteiger partial charge in [-0.15, -0.1) is 0 Å². The van der Waals surface area contributed by atoms with Crippen molar-refractivity contribution in [1.29, 1.82) is 0 Å². The molecule has 0 spiro atoms. The Balaban J connectivity index is 2.02. The molecule has 1 unspecified atom stereocenters. The third kappa shape index (κ3) is 1.44. The molecule has 1 aromatic rings. The molecule has 0 radical (unpaired) electrons. The number of nitrogens with zero attached hydrogens (tertiary/aromatic N) is 3. The average Bonchev–Trinajstić information content (AvgIpc) is 2.79. The lowest BCUT2D eigenvalue weighted by Crippen LogP contribution is -2.62. The van der Waals surface area contributed by atoms with Gasteiger partial charge in [0.05, 0.1) is 12.9 Å². The molecule has 1 saturated carbocycles. The highest BCUT2D eigenvalue weighted by molar-refractivity contribution is 5.99. The topological polar surface area (TPSA) is 92.7 Å². The maximum absolute atomic E-state index is 12.4. The van der Waals surface area contributed by atoms with Crippen LogP contribution < -0.4 is 4.90 Å². The molecule has 1 amide bonds. The number of amides is 1. The van der Waals surface area contributed by atoms with E-state index >= 15 is 0 Å². The lowest BCUT2D eigenvalue weighted by molar-refractivity contribution is 0.0220. The fraction of sp³-hybridized carbons (Fsp3) is 0.636. The second-order valence-corrected chi connectivity index (χ2v) is 4.67. The molecule has 1 aromatic heterocycles. The normalized spacial score (nSPS) is 24.1. The van der Waals surface area contributed by atoms with E-state index in [1.165, 1.54) is 6.33 Å². The molecule has 2 aliphatic rings. The number of aromatic amines is 1. The van der Waals surface area contributed by atoms with Gasteiger partial charge in [-0.05, 0) is 19.3 Å². The van der Waals surface area contributed by atoms with Crippen molar-refractivity contribution in [2.45, 2.75) is 31.5 Å². The summed E-state index contributed by atoms with van der Waals surface area (Å²) in [5, 5.41) is 19.0. The van der Waals surface area contributed by atoms with Crippen molar-refractivity contribution < 1.29 is 15.0 Å². The number of rotatable bonds is 3. The van der Waals surface area contributed by atoms with Gasteiger partial charge in [0, 0.05) is 6.04 Å². The van der Waals surface area contributed by atoms with E-state index in [2.05, 4.69) is 9.97 Å². The van der Waals surface area contributed by atoms with Crippen LogP contribution >= 0.6 is 0 Å². The Hall–Kier alpha value is -1.60. The minimum absolute atomic E-state index is 0.147. The van der Waals surface area contributed by atoms with Crippen molar-refractivity contribution in [1.82, 2.24) is 14.9 Å². The van der Waals surface area contributed by atoms with Crippen molar-refractivity contribution in [3.8, 4) is 0 Å². The Morgan fingerprint density at radius 2 is 2.22 bits per heavy atom. The molecule has 0 aromatic carbocycles. The number of aliphatic hydroxyl groups excluding tert-OH is 2. The molecule has 3 N–H and O–H groups in total. The standard InChI is InChI=1S/C11H16N4O3/c16-4-8-14(6-17)10-9(12-5-13-10)11(18)15(8)7-2-1-3-7/h5,7-8,16-17H,1-4,6H2,(H,12,13). The summed E-state index contributed by atoms with van der Waals surface area (Å²) in [5.74, 6) is 0.317. The number of hydrogen-bond donors (Lipinski definition) is 3. The number of hydrogen-bond acceptors (Lipinski definition) is 5.